The molecule has 4 heteroatoms. The lowest BCUT2D eigenvalue weighted by Crippen LogP contribution is -2.06. The number of hydrogen-bond acceptors (Lipinski definition) is 1. The van der Waals surface area contributed by atoms with Crippen molar-refractivity contribution in [2.75, 3.05) is 0 Å². The van der Waals surface area contributed by atoms with Crippen LogP contribution in [0.4, 0.5) is 8.78 Å². The van der Waals surface area contributed by atoms with Gasteiger partial charge in [0.15, 0.2) is 0 Å². The highest BCUT2D eigenvalue weighted by molar-refractivity contribution is 5.83. The summed E-state index contributed by atoms with van der Waals surface area (Å²) >= 11 is 0. The predicted molar refractivity (Wildman–Crippen MR) is 75.3 cm³/mol. The number of aromatic nitrogens is 1. The molecule has 2 N–H and O–H groups in total. The molecule has 3 rings (SSSR count). The maximum absolute atomic E-state index is 13.7. The fraction of sp³-hybridized carbons (Fsp3) is 0.125. The van der Waals surface area contributed by atoms with Crippen molar-refractivity contribution in [1.82, 2.24) is 4.57 Å². The Morgan fingerprint density at radius 2 is 1.65 bits per heavy atom. The van der Waals surface area contributed by atoms with E-state index < -0.39 is 11.6 Å². The third-order valence-corrected chi connectivity index (χ3v) is 3.48. The molecular weight excluding hydrogens is 258 g/mol. The lowest BCUT2D eigenvalue weighted by molar-refractivity contribution is 0.547. The Balaban J connectivity index is 2.12. The molecule has 102 valence electrons. The number of benzene rings is 2. The summed E-state index contributed by atoms with van der Waals surface area (Å²) in [5, 5.41) is 1.02. The van der Waals surface area contributed by atoms with E-state index >= 15 is 0 Å². The van der Waals surface area contributed by atoms with E-state index in [-0.39, 0.29) is 12.1 Å². The van der Waals surface area contributed by atoms with Crippen LogP contribution < -0.4 is 5.73 Å². The second-order valence-corrected chi connectivity index (χ2v) is 4.70. The van der Waals surface area contributed by atoms with Crippen molar-refractivity contribution < 1.29 is 8.78 Å². The van der Waals surface area contributed by atoms with Crippen molar-refractivity contribution in [3.8, 4) is 0 Å². The van der Waals surface area contributed by atoms with E-state index in [0.29, 0.717) is 6.54 Å². The van der Waals surface area contributed by atoms with E-state index in [0.717, 1.165) is 16.5 Å². The quantitative estimate of drug-likeness (QED) is 0.778. The molecule has 0 bridgehead atoms. The van der Waals surface area contributed by atoms with E-state index in [4.69, 9.17) is 5.73 Å². The molecular formula is C16H14F2N2. The van der Waals surface area contributed by atoms with Gasteiger partial charge in [0.2, 0.25) is 0 Å². The summed E-state index contributed by atoms with van der Waals surface area (Å²) in [4.78, 5) is 0. The Labute approximate surface area is 115 Å². The molecule has 0 aliphatic carbocycles. The first-order valence-electron chi connectivity index (χ1n) is 6.40. The zero-order valence-electron chi connectivity index (χ0n) is 10.8. The van der Waals surface area contributed by atoms with Gasteiger partial charge in [-0.25, -0.2) is 8.78 Å². The lowest BCUT2D eigenvalue weighted by Gasteiger charge is -2.10. The molecule has 0 saturated heterocycles. The second kappa shape index (κ2) is 5.06. The molecule has 0 spiro atoms. The average Bonchev–Trinajstić information content (AvgIpc) is 2.86. The van der Waals surface area contributed by atoms with E-state index in [1.165, 1.54) is 18.2 Å². The Bertz CT molecular complexity index is 742. The maximum atomic E-state index is 13.7. The number of para-hydroxylation sites is 1. The van der Waals surface area contributed by atoms with Gasteiger partial charge in [0.1, 0.15) is 11.6 Å². The van der Waals surface area contributed by atoms with Gasteiger partial charge < -0.3 is 10.3 Å². The van der Waals surface area contributed by atoms with Gasteiger partial charge in [0, 0.05) is 18.3 Å². The van der Waals surface area contributed by atoms with Gasteiger partial charge in [0.05, 0.1) is 12.1 Å². The minimum atomic E-state index is -0.530. The number of fused-ring (bicyclic) bond motifs is 1. The molecule has 0 aliphatic rings. The van der Waals surface area contributed by atoms with Gasteiger partial charge >= 0.3 is 0 Å². The fourth-order valence-corrected chi connectivity index (χ4v) is 2.49. The third-order valence-electron chi connectivity index (χ3n) is 3.48. The highest BCUT2D eigenvalue weighted by Crippen LogP contribution is 2.22. The molecule has 0 unspecified atom stereocenters. The van der Waals surface area contributed by atoms with Crippen LogP contribution in [0.5, 0.6) is 0 Å². The third kappa shape index (κ3) is 2.08. The largest absolute Gasteiger partial charge is 0.343 e. The molecule has 3 aromatic rings. The smallest absolute Gasteiger partial charge is 0.131 e. The highest BCUT2D eigenvalue weighted by atomic mass is 19.1. The summed E-state index contributed by atoms with van der Waals surface area (Å²) < 4.78 is 29.3. The van der Waals surface area contributed by atoms with Gasteiger partial charge in [-0.1, -0.05) is 24.3 Å². The normalized spacial score (nSPS) is 11.2. The minimum absolute atomic E-state index is 0.0665. The van der Waals surface area contributed by atoms with Gasteiger partial charge in [-0.15, -0.1) is 0 Å². The van der Waals surface area contributed by atoms with E-state index in [2.05, 4.69) is 0 Å². The molecule has 2 aromatic carbocycles. The van der Waals surface area contributed by atoms with Gasteiger partial charge in [0.25, 0.3) is 0 Å². The maximum Gasteiger partial charge on any atom is 0.131 e. The van der Waals surface area contributed by atoms with E-state index in [9.17, 15) is 8.78 Å². The Kier molecular flexibility index (Phi) is 3.24. The predicted octanol–water partition coefficient (Wildman–Crippen LogP) is 3.43. The SMILES string of the molecule is NCc1cccc2ccn(Cc3c(F)cccc3F)c12. The summed E-state index contributed by atoms with van der Waals surface area (Å²) in [6.07, 6.45) is 1.83. The van der Waals surface area contributed by atoms with Gasteiger partial charge in [-0.3, -0.25) is 0 Å². The zero-order valence-corrected chi connectivity index (χ0v) is 10.8. The molecule has 0 radical (unpaired) electrons. The van der Waals surface area contributed by atoms with Crippen LogP contribution in [0.3, 0.4) is 0 Å². The molecule has 1 heterocycles. The molecule has 1 aromatic heterocycles. The first-order valence-corrected chi connectivity index (χ1v) is 6.40. The Hall–Kier alpha value is -2.20. The van der Waals surface area contributed by atoms with E-state index in [1.54, 1.807) is 0 Å². The minimum Gasteiger partial charge on any atom is -0.343 e. The number of nitrogens with two attached hydrogens (primary N) is 1. The summed E-state index contributed by atoms with van der Waals surface area (Å²) in [5.74, 6) is -1.06. The molecule has 0 saturated carbocycles. The molecule has 2 nitrogen and oxygen atoms in total. The van der Waals surface area contributed by atoms with Crippen molar-refractivity contribution in [1.29, 1.82) is 0 Å². The second-order valence-electron chi connectivity index (χ2n) is 4.70. The van der Waals surface area contributed by atoms with Crippen LogP contribution in [0, 0.1) is 11.6 Å². The summed E-state index contributed by atoms with van der Waals surface area (Å²) in [5.41, 5.74) is 7.69. The monoisotopic (exact) mass is 272 g/mol. The molecule has 0 fully saturated rings. The molecule has 0 atom stereocenters. The first-order chi connectivity index (χ1) is 9.70. The summed E-state index contributed by atoms with van der Waals surface area (Å²) in [6, 6.07) is 11.7. The van der Waals surface area contributed by atoms with Crippen LogP contribution in [-0.2, 0) is 13.1 Å². The number of nitrogens with zero attached hydrogens (tertiary/aromatic N) is 1. The van der Waals surface area contributed by atoms with Crippen LogP contribution in [0.25, 0.3) is 10.9 Å². The molecule has 20 heavy (non-hydrogen) atoms. The molecule has 0 amide bonds. The Morgan fingerprint density at radius 1 is 0.950 bits per heavy atom. The van der Waals surface area contributed by atoms with Crippen LogP contribution >= 0.6 is 0 Å². The van der Waals surface area contributed by atoms with Gasteiger partial charge in [-0.05, 0) is 29.1 Å². The van der Waals surface area contributed by atoms with Crippen molar-refractivity contribution in [2.45, 2.75) is 13.1 Å². The number of halogens is 2. The van der Waals surface area contributed by atoms with Crippen molar-refractivity contribution in [3.63, 3.8) is 0 Å². The van der Waals surface area contributed by atoms with Crippen LogP contribution in [-0.4, -0.2) is 4.57 Å². The van der Waals surface area contributed by atoms with Crippen molar-refractivity contribution in [3.05, 3.63) is 71.4 Å². The average molecular weight is 272 g/mol. The highest BCUT2D eigenvalue weighted by Gasteiger charge is 2.11. The number of hydrogen-bond donors (Lipinski definition) is 1. The summed E-state index contributed by atoms with van der Waals surface area (Å²) in [6.45, 7) is 0.542. The van der Waals surface area contributed by atoms with Crippen LogP contribution in [0.1, 0.15) is 11.1 Å². The standard InChI is InChI=1S/C16H14F2N2/c17-14-5-2-6-15(18)13(14)10-20-8-7-11-3-1-4-12(9-19)16(11)20/h1-8H,9-10,19H2. The summed E-state index contributed by atoms with van der Waals surface area (Å²) in [7, 11) is 0. The van der Waals surface area contributed by atoms with Crippen molar-refractivity contribution >= 4 is 10.9 Å². The lowest BCUT2D eigenvalue weighted by atomic mass is 10.1. The Morgan fingerprint density at radius 3 is 2.35 bits per heavy atom. The van der Waals surface area contributed by atoms with Gasteiger partial charge in [-0.2, -0.15) is 0 Å². The fourth-order valence-electron chi connectivity index (χ4n) is 2.49. The van der Waals surface area contributed by atoms with Crippen molar-refractivity contribution in [2.24, 2.45) is 5.73 Å². The van der Waals surface area contributed by atoms with Crippen LogP contribution in [0.15, 0.2) is 48.7 Å². The van der Waals surface area contributed by atoms with E-state index in [1.807, 2.05) is 35.0 Å². The topological polar surface area (TPSA) is 30.9 Å². The number of rotatable bonds is 3. The zero-order chi connectivity index (χ0) is 14.1. The molecule has 0 aliphatic heterocycles. The van der Waals surface area contributed by atoms with Crippen LogP contribution in [0.2, 0.25) is 0 Å². The first kappa shape index (κ1) is 12.8.